The van der Waals surface area contributed by atoms with Gasteiger partial charge in [-0.2, -0.15) is 9.37 Å². The molecule has 0 radical (unpaired) electrons. The van der Waals surface area contributed by atoms with E-state index in [1.807, 2.05) is 18.6 Å². The fraction of sp³-hybridized carbons (Fsp3) is 0.481. The number of halogens is 2. The van der Waals surface area contributed by atoms with E-state index < -0.39 is 17.7 Å². The van der Waals surface area contributed by atoms with E-state index in [2.05, 4.69) is 30.2 Å². The molecule has 4 fully saturated rings. The highest BCUT2D eigenvalue weighted by atomic mass is 32.2. The average molecular weight is 539 g/mol. The van der Waals surface area contributed by atoms with Gasteiger partial charge in [0, 0.05) is 47.1 Å². The van der Waals surface area contributed by atoms with Gasteiger partial charge in [0.2, 0.25) is 11.8 Å². The molecule has 3 aromatic rings. The van der Waals surface area contributed by atoms with E-state index in [0.29, 0.717) is 18.4 Å². The number of benzene rings is 1. The molecular formula is C27H28F2N6O2S. The third-order valence-electron chi connectivity index (χ3n) is 9.19. The predicted molar refractivity (Wildman–Crippen MR) is 139 cm³/mol. The van der Waals surface area contributed by atoms with E-state index in [4.69, 9.17) is 4.74 Å². The van der Waals surface area contributed by atoms with Crippen LogP contribution in [0.15, 0.2) is 41.8 Å². The van der Waals surface area contributed by atoms with Gasteiger partial charge in [0.05, 0.1) is 12.3 Å². The average Bonchev–Trinajstić information content (AvgIpc) is 3.76. The summed E-state index contributed by atoms with van der Waals surface area (Å²) in [6.07, 6.45) is 10.8. The van der Waals surface area contributed by atoms with Crippen LogP contribution in [0.2, 0.25) is 0 Å². The number of ether oxygens (including phenoxy) is 1. The predicted octanol–water partition coefficient (Wildman–Crippen LogP) is 4.54. The molecule has 2 aromatic heterocycles. The SMILES string of the molecule is CSc1ccc(Nc2ncnc(OC3C(CO)C45CCC34CN(c3ncc(C4CC4)cn3)C5)c2F)c(F)c1. The van der Waals surface area contributed by atoms with Gasteiger partial charge in [-0.15, -0.1) is 11.8 Å². The van der Waals surface area contributed by atoms with Crippen LogP contribution in [-0.2, 0) is 0 Å². The smallest absolute Gasteiger partial charge is 0.256 e. The highest BCUT2D eigenvalue weighted by Crippen LogP contribution is 2.76. The fourth-order valence-electron chi connectivity index (χ4n) is 6.97. The molecule has 198 valence electrons. The van der Waals surface area contributed by atoms with Crippen molar-refractivity contribution in [3.63, 3.8) is 0 Å². The maximum atomic E-state index is 15.5. The Morgan fingerprint density at radius 3 is 2.53 bits per heavy atom. The molecule has 4 aliphatic rings. The summed E-state index contributed by atoms with van der Waals surface area (Å²) in [4.78, 5) is 20.3. The van der Waals surface area contributed by atoms with Gasteiger partial charge in [-0.1, -0.05) is 0 Å². The molecule has 0 spiro atoms. The maximum Gasteiger partial charge on any atom is 0.256 e. The van der Waals surface area contributed by atoms with Gasteiger partial charge in [-0.3, -0.25) is 0 Å². The molecule has 38 heavy (non-hydrogen) atoms. The number of rotatable bonds is 8. The molecular weight excluding hydrogens is 510 g/mol. The molecule has 3 saturated carbocycles. The highest BCUT2D eigenvalue weighted by molar-refractivity contribution is 7.98. The van der Waals surface area contributed by atoms with Crippen molar-refractivity contribution in [2.24, 2.45) is 16.7 Å². The molecule has 7 rings (SSSR count). The number of aliphatic hydroxyl groups excluding tert-OH is 1. The Morgan fingerprint density at radius 2 is 1.87 bits per heavy atom. The van der Waals surface area contributed by atoms with Crippen LogP contribution in [0, 0.1) is 28.4 Å². The van der Waals surface area contributed by atoms with Gasteiger partial charge >= 0.3 is 0 Å². The molecule has 0 bridgehead atoms. The second-order valence-electron chi connectivity index (χ2n) is 10.9. The standard InChI is InChI=1S/C27H28F2N6O2S/c1-38-17-4-5-20(19(28)8-17)34-23-21(29)24(33-14-32-23)37-22-18(11-36)26-6-7-27(22,26)13-35(12-26)25-30-9-16(10-31-25)15-2-3-15/h4-5,8-10,14-15,18,22,36H,2-3,6-7,11-13H2,1H3,(H,32,33,34). The fourth-order valence-corrected chi connectivity index (χ4v) is 7.39. The number of aromatic nitrogens is 4. The van der Waals surface area contributed by atoms with Crippen LogP contribution < -0.4 is 15.0 Å². The van der Waals surface area contributed by atoms with Crippen molar-refractivity contribution >= 4 is 29.2 Å². The van der Waals surface area contributed by atoms with Crippen molar-refractivity contribution in [1.82, 2.24) is 19.9 Å². The first-order valence-electron chi connectivity index (χ1n) is 12.9. The first-order valence-corrected chi connectivity index (χ1v) is 14.2. The normalized spacial score (nSPS) is 29.2. The summed E-state index contributed by atoms with van der Waals surface area (Å²) in [6, 6.07) is 4.68. The van der Waals surface area contributed by atoms with Crippen LogP contribution in [0.5, 0.6) is 5.88 Å². The van der Waals surface area contributed by atoms with Gasteiger partial charge in [-0.25, -0.2) is 19.3 Å². The van der Waals surface area contributed by atoms with Crippen molar-refractivity contribution in [3.8, 4) is 5.88 Å². The minimum absolute atomic E-state index is 0.0630. The Bertz CT molecular complexity index is 1390. The number of nitrogens with zero attached hydrogens (tertiary/aromatic N) is 5. The highest BCUT2D eigenvalue weighted by Gasteiger charge is 2.81. The summed E-state index contributed by atoms with van der Waals surface area (Å²) >= 11 is 1.42. The van der Waals surface area contributed by atoms with E-state index >= 15 is 4.39 Å². The van der Waals surface area contributed by atoms with Crippen LogP contribution in [0.4, 0.5) is 26.2 Å². The summed E-state index contributed by atoms with van der Waals surface area (Å²) in [5.74, 6) is -0.543. The molecule has 3 aliphatic carbocycles. The molecule has 1 aliphatic heterocycles. The summed E-state index contributed by atoms with van der Waals surface area (Å²) in [6.45, 7) is 1.36. The van der Waals surface area contributed by atoms with E-state index in [1.54, 1.807) is 12.1 Å². The molecule has 11 heteroatoms. The second-order valence-corrected chi connectivity index (χ2v) is 11.8. The monoisotopic (exact) mass is 538 g/mol. The zero-order valence-corrected chi connectivity index (χ0v) is 21.7. The molecule has 2 N–H and O–H groups in total. The van der Waals surface area contributed by atoms with Crippen molar-refractivity contribution in [1.29, 1.82) is 0 Å². The minimum Gasteiger partial charge on any atom is -0.471 e. The summed E-state index contributed by atoms with van der Waals surface area (Å²) in [7, 11) is 0. The third-order valence-corrected chi connectivity index (χ3v) is 9.91. The summed E-state index contributed by atoms with van der Waals surface area (Å²) in [5, 5.41) is 13.1. The zero-order chi connectivity index (χ0) is 26.1. The lowest BCUT2D eigenvalue weighted by molar-refractivity contribution is -0.282. The van der Waals surface area contributed by atoms with Gasteiger partial charge in [0.15, 0.2) is 5.82 Å². The molecule has 1 aromatic carbocycles. The molecule has 0 amide bonds. The van der Waals surface area contributed by atoms with Crippen LogP contribution in [0.1, 0.15) is 37.2 Å². The summed E-state index contributed by atoms with van der Waals surface area (Å²) < 4.78 is 36.2. The first-order chi connectivity index (χ1) is 18.5. The lowest BCUT2D eigenvalue weighted by Gasteiger charge is -2.71. The molecule has 8 nitrogen and oxygen atoms in total. The van der Waals surface area contributed by atoms with E-state index in [1.165, 1.54) is 42.6 Å². The zero-order valence-electron chi connectivity index (χ0n) is 20.9. The van der Waals surface area contributed by atoms with Crippen molar-refractivity contribution in [2.45, 2.75) is 42.6 Å². The first kappa shape index (κ1) is 24.0. The third kappa shape index (κ3) is 3.44. The number of hydrogen-bond acceptors (Lipinski definition) is 9. The Balaban J connectivity index is 1.12. The molecule has 4 unspecified atom stereocenters. The van der Waals surface area contributed by atoms with Crippen LogP contribution >= 0.6 is 11.8 Å². The number of anilines is 3. The van der Waals surface area contributed by atoms with Gasteiger partial charge in [0.25, 0.3) is 5.88 Å². The van der Waals surface area contributed by atoms with Gasteiger partial charge < -0.3 is 20.1 Å². The van der Waals surface area contributed by atoms with Crippen molar-refractivity contribution < 1.29 is 18.6 Å². The van der Waals surface area contributed by atoms with E-state index in [9.17, 15) is 9.50 Å². The van der Waals surface area contributed by atoms with E-state index in [0.717, 1.165) is 24.3 Å². The topological polar surface area (TPSA) is 96.3 Å². The number of nitrogens with one attached hydrogen (secondary N) is 1. The Hall–Kier alpha value is -3.05. The molecule has 1 saturated heterocycles. The molecule has 3 heterocycles. The van der Waals surface area contributed by atoms with Gasteiger partial charge in [-0.05, 0) is 61.6 Å². The van der Waals surface area contributed by atoms with Crippen LogP contribution in [0.25, 0.3) is 0 Å². The minimum atomic E-state index is -0.792. The number of hydrogen-bond donors (Lipinski definition) is 2. The summed E-state index contributed by atoms with van der Waals surface area (Å²) in [5.41, 5.74) is 0.953. The number of aliphatic hydroxyl groups is 1. The van der Waals surface area contributed by atoms with Gasteiger partial charge in [0.1, 0.15) is 18.2 Å². The van der Waals surface area contributed by atoms with E-state index in [-0.39, 0.29) is 40.7 Å². The Labute approximate surface area is 223 Å². The lowest BCUT2D eigenvalue weighted by Crippen LogP contribution is -2.76. The number of thioether (sulfide) groups is 1. The van der Waals surface area contributed by atoms with Crippen LogP contribution in [-0.4, -0.2) is 57.1 Å². The van der Waals surface area contributed by atoms with Crippen LogP contribution in [0.3, 0.4) is 0 Å². The molecule has 4 atom stereocenters. The maximum absolute atomic E-state index is 15.5. The quantitative estimate of drug-likeness (QED) is 0.401. The Kier molecular flexibility index (Phi) is 5.52. The largest absolute Gasteiger partial charge is 0.471 e. The lowest BCUT2D eigenvalue weighted by atomic mass is 9.33. The second kappa shape index (κ2) is 8.74. The van der Waals surface area contributed by atoms with Crippen molar-refractivity contribution in [3.05, 3.63) is 54.1 Å². The van der Waals surface area contributed by atoms with Crippen molar-refractivity contribution in [2.75, 3.05) is 36.2 Å². The Morgan fingerprint density at radius 1 is 1.11 bits per heavy atom.